The van der Waals surface area contributed by atoms with E-state index in [-0.39, 0.29) is 0 Å². The molecule has 0 spiro atoms. The molecule has 1 rings (SSSR count). The normalized spacial score (nSPS) is 29.6. The van der Waals surface area contributed by atoms with E-state index in [0.29, 0.717) is 30.1 Å². The predicted molar refractivity (Wildman–Crippen MR) is 72.7 cm³/mol. The lowest BCUT2D eigenvalue weighted by atomic mass is 9.68. The summed E-state index contributed by atoms with van der Waals surface area (Å²) in [5.41, 5.74) is 5.48. The third-order valence-electron chi connectivity index (χ3n) is 4.31. The predicted octanol–water partition coefficient (Wildman–Crippen LogP) is 3.39. The zero-order chi connectivity index (χ0) is 12.8. The van der Waals surface area contributed by atoms with Crippen molar-refractivity contribution in [2.45, 2.75) is 59.3 Å². The first kappa shape index (κ1) is 14.7. The second kappa shape index (κ2) is 7.15. The molecule has 1 aliphatic carbocycles. The Balaban J connectivity index is 2.53. The van der Waals surface area contributed by atoms with Crippen LogP contribution in [0.25, 0.3) is 0 Å². The van der Waals surface area contributed by atoms with Crippen molar-refractivity contribution < 1.29 is 4.79 Å². The van der Waals surface area contributed by atoms with Gasteiger partial charge >= 0.3 is 0 Å². The SMILES string of the molecule is CC(C)[C@@H]1CC[C@@H](C)C[C@H]1C(=O)CCCCN. The Bertz CT molecular complexity index is 237. The van der Waals surface area contributed by atoms with Crippen LogP contribution in [0.5, 0.6) is 0 Å². The molecular formula is C15H29NO. The van der Waals surface area contributed by atoms with Crippen molar-refractivity contribution >= 4 is 5.78 Å². The van der Waals surface area contributed by atoms with Crippen molar-refractivity contribution in [1.29, 1.82) is 0 Å². The van der Waals surface area contributed by atoms with Crippen LogP contribution in [-0.2, 0) is 4.79 Å². The lowest BCUT2D eigenvalue weighted by Gasteiger charge is -2.36. The van der Waals surface area contributed by atoms with Gasteiger partial charge in [-0.05, 0) is 50.0 Å². The molecule has 0 heterocycles. The number of ketones is 1. The zero-order valence-electron chi connectivity index (χ0n) is 11.7. The first-order valence-corrected chi connectivity index (χ1v) is 7.29. The van der Waals surface area contributed by atoms with Crippen LogP contribution >= 0.6 is 0 Å². The van der Waals surface area contributed by atoms with Crippen LogP contribution < -0.4 is 5.73 Å². The fraction of sp³-hybridized carbons (Fsp3) is 0.933. The molecule has 100 valence electrons. The molecule has 0 radical (unpaired) electrons. The van der Waals surface area contributed by atoms with E-state index in [2.05, 4.69) is 20.8 Å². The van der Waals surface area contributed by atoms with Gasteiger partial charge in [0.2, 0.25) is 0 Å². The number of rotatable bonds is 6. The Morgan fingerprint density at radius 1 is 1.29 bits per heavy atom. The summed E-state index contributed by atoms with van der Waals surface area (Å²) in [6, 6.07) is 0. The van der Waals surface area contributed by atoms with E-state index in [1.165, 1.54) is 12.8 Å². The van der Waals surface area contributed by atoms with Crippen LogP contribution in [-0.4, -0.2) is 12.3 Å². The Hall–Kier alpha value is -0.370. The molecule has 1 saturated carbocycles. The zero-order valence-corrected chi connectivity index (χ0v) is 11.7. The van der Waals surface area contributed by atoms with E-state index >= 15 is 0 Å². The Kier molecular flexibility index (Phi) is 6.18. The smallest absolute Gasteiger partial charge is 0.136 e. The summed E-state index contributed by atoms with van der Waals surface area (Å²) in [4.78, 5) is 12.3. The second-order valence-corrected chi connectivity index (χ2v) is 6.14. The van der Waals surface area contributed by atoms with Gasteiger partial charge in [0.15, 0.2) is 0 Å². The van der Waals surface area contributed by atoms with Crippen molar-refractivity contribution in [2.75, 3.05) is 6.54 Å². The lowest BCUT2D eigenvalue weighted by Crippen LogP contribution is -2.33. The molecule has 0 unspecified atom stereocenters. The van der Waals surface area contributed by atoms with Gasteiger partial charge in [0, 0.05) is 12.3 Å². The van der Waals surface area contributed by atoms with Gasteiger partial charge in [0.25, 0.3) is 0 Å². The first-order valence-electron chi connectivity index (χ1n) is 7.29. The van der Waals surface area contributed by atoms with Crippen molar-refractivity contribution in [1.82, 2.24) is 0 Å². The van der Waals surface area contributed by atoms with E-state index in [9.17, 15) is 4.79 Å². The molecule has 0 aliphatic heterocycles. The van der Waals surface area contributed by atoms with Gasteiger partial charge in [-0.2, -0.15) is 0 Å². The molecule has 0 bridgehead atoms. The van der Waals surface area contributed by atoms with E-state index in [1.54, 1.807) is 0 Å². The summed E-state index contributed by atoms with van der Waals surface area (Å²) >= 11 is 0. The van der Waals surface area contributed by atoms with Gasteiger partial charge in [-0.1, -0.05) is 27.2 Å². The molecule has 3 atom stereocenters. The number of carbonyl (C=O) groups is 1. The van der Waals surface area contributed by atoms with Crippen LogP contribution in [0.15, 0.2) is 0 Å². The Labute approximate surface area is 106 Å². The average Bonchev–Trinajstić information content (AvgIpc) is 2.28. The molecule has 2 N–H and O–H groups in total. The standard InChI is InChI=1S/C15H29NO/c1-11(2)13-8-7-12(3)10-14(13)15(17)6-4-5-9-16/h11-14H,4-10,16H2,1-3H3/t12-,13+,14-/m1/s1. The van der Waals surface area contributed by atoms with Crippen molar-refractivity contribution in [3.63, 3.8) is 0 Å². The van der Waals surface area contributed by atoms with Crippen molar-refractivity contribution in [2.24, 2.45) is 29.4 Å². The molecule has 0 aromatic rings. The van der Waals surface area contributed by atoms with Crippen molar-refractivity contribution in [3.05, 3.63) is 0 Å². The molecule has 0 aromatic carbocycles. The number of hydrogen-bond acceptors (Lipinski definition) is 2. The Morgan fingerprint density at radius 2 is 2.00 bits per heavy atom. The van der Waals surface area contributed by atoms with Crippen LogP contribution in [0.3, 0.4) is 0 Å². The van der Waals surface area contributed by atoms with Crippen LogP contribution in [0, 0.1) is 23.7 Å². The molecule has 0 saturated heterocycles. The molecule has 0 aromatic heterocycles. The van der Waals surface area contributed by atoms with E-state index in [1.807, 2.05) is 0 Å². The summed E-state index contributed by atoms with van der Waals surface area (Å²) in [5.74, 6) is 2.83. The molecule has 1 fully saturated rings. The third kappa shape index (κ3) is 4.42. The third-order valence-corrected chi connectivity index (χ3v) is 4.31. The maximum Gasteiger partial charge on any atom is 0.136 e. The Morgan fingerprint density at radius 3 is 2.59 bits per heavy atom. The van der Waals surface area contributed by atoms with Gasteiger partial charge in [-0.15, -0.1) is 0 Å². The molecule has 2 nitrogen and oxygen atoms in total. The summed E-state index contributed by atoms with van der Waals surface area (Å²) in [5, 5.41) is 0. The monoisotopic (exact) mass is 239 g/mol. The highest BCUT2D eigenvalue weighted by atomic mass is 16.1. The van der Waals surface area contributed by atoms with Gasteiger partial charge in [0.1, 0.15) is 5.78 Å². The quantitative estimate of drug-likeness (QED) is 0.722. The summed E-state index contributed by atoms with van der Waals surface area (Å²) in [6.07, 6.45) is 6.37. The highest BCUT2D eigenvalue weighted by molar-refractivity contribution is 5.81. The maximum absolute atomic E-state index is 12.3. The molecule has 0 amide bonds. The average molecular weight is 239 g/mol. The molecule has 2 heteroatoms. The summed E-state index contributed by atoms with van der Waals surface area (Å²) in [6.45, 7) is 7.53. The van der Waals surface area contributed by atoms with Crippen LogP contribution in [0.1, 0.15) is 59.3 Å². The van der Waals surface area contributed by atoms with Gasteiger partial charge in [0.05, 0.1) is 0 Å². The fourth-order valence-corrected chi connectivity index (χ4v) is 3.20. The highest BCUT2D eigenvalue weighted by Crippen LogP contribution is 2.39. The highest BCUT2D eigenvalue weighted by Gasteiger charge is 2.34. The fourth-order valence-electron chi connectivity index (χ4n) is 3.20. The molecule has 17 heavy (non-hydrogen) atoms. The topological polar surface area (TPSA) is 43.1 Å². The van der Waals surface area contributed by atoms with Crippen LogP contribution in [0.4, 0.5) is 0 Å². The minimum absolute atomic E-state index is 0.330. The number of unbranched alkanes of at least 4 members (excludes halogenated alkanes) is 1. The van der Waals surface area contributed by atoms with E-state index in [4.69, 9.17) is 5.73 Å². The number of Topliss-reactive ketones (excluding diaryl/α,β-unsaturated/α-hetero) is 1. The van der Waals surface area contributed by atoms with Crippen LogP contribution in [0.2, 0.25) is 0 Å². The number of nitrogens with two attached hydrogens (primary N) is 1. The lowest BCUT2D eigenvalue weighted by molar-refractivity contribution is -0.127. The second-order valence-electron chi connectivity index (χ2n) is 6.14. The minimum Gasteiger partial charge on any atom is -0.330 e. The van der Waals surface area contributed by atoms with Gasteiger partial charge in [-0.3, -0.25) is 4.79 Å². The van der Waals surface area contributed by atoms with Gasteiger partial charge < -0.3 is 5.73 Å². The number of carbonyl (C=O) groups excluding carboxylic acids is 1. The minimum atomic E-state index is 0.330. The van der Waals surface area contributed by atoms with E-state index in [0.717, 1.165) is 31.6 Å². The molecular weight excluding hydrogens is 210 g/mol. The van der Waals surface area contributed by atoms with E-state index < -0.39 is 0 Å². The largest absolute Gasteiger partial charge is 0.330 e. The number of hydrogen-bond donors (Lipinski definition) is 1. The molecule has 1 aliphatic rings. The summed E-state index contributed by atoms with van der Waals surface area (Å²) in [7, 11) is 0. The summed E-state index contributed by atoms with van der Waals surface area (Å²) < 4.78 is 0. The first-order chi connectivity index (χ1) is 8.06. The van der Waals surface area contributed by atoms with Crippen molar-refractivity contribution in [3.8, 4) is 0 Å². The van der Waals surface area contributed by atoms with Gasteiger partial charge in [-0.25, -0.2) is 0 Å². The maximum atomic E-state index is 12.3.